The molecule has 0 fully saturated rings. The molecule has 0 saturated heterocycles. The lowest BCUT2D eigenvalue weighted by Gasteiger charge is -2.09. The van der Waals surface area contributed by atoms with Crippen LogP contribution in [0.5, 0.6) is 0 Å². The molecule has 0 aliphatic heterocycles. The molecule has 18 heavy (non-hydrogen) atoms. The molecule has 0 saturated carbocycles. The average molecular weight is 305 g/mol. The predicted octanol–water partition coefficient (Wildman–Crippen LogP) is 4.78. The fourth-order valence-electron chi connectivity index (χ4n) is 1.98. The van der Waals surface area contributed by atoms with Crippen LogP contribution >= 0.6 is 15.9 Å². The molecule has 0 aromatic heterocycles. The number of aryl methyl sites for hydroxylation is 2. The molecule has 0 amide bonds. The standard InChI is InChI=1S/C16H17BrO/c1-12-8-15(9-13(2)16(12)17)11-18-10-14-6-4-3-5-7-14/h3-9H,10-11H2,1-2H3. The molecule has 1 nitrogen and oxygen atoms in total. The Morgan fingerprint density at radius 3 is 2.06 bits per heavy atom. The minimum atomic E-state index is 0.657. The number of benzene rings is 2. The fourth-order valence-corrected chi connectivity index (χ4v) is 2.21. The van der Waals surface area contributed by atoms with E-state index < -0.39 is 0 Å². The highest BCUT2D eigenvalue weighted by Crippen LogP contribution is 2.23. The van der Waals surface area contributed by atoms with E-state index in [-0.39, 0.29) is 0 Å². The Bertz CT molecular complexity index is 497. The highest BCUT2D eigenvalue weighted by atomic mass is 79.9. The van der Waals surface area contributed by atoms with Gasteiger partial charge in [-0.15, -0.1) is 0 Å². The number of hydrogen-bond donors (Lipinski definition) is 0. The Morgan fingerprint density at radius 2 is 1.44 bits per heavy atom. The fraction of sp³-hybridized carbons (Fsp3) is 0.250. The van der Waals surface area contributed by atoms with Crippen molar-refractivity contribution in [2.75, 3.05) is 0 Å². The SMILES string of the molecule is Cc1cc(COCc2ccccc2)cc(C)c1Br. The molecule has 0 heterocycles. The van der Waals surface area contributed by atoms with E-state index in [1.807, 2.05) is 18.2 Å². The zero-order chi connectivity index (χ0) is 13.0. The van der Waals surface area contributed by atoms with Crippen LogP contribution in [0.3, 0.4) is 0 Å². The maximum absolute atomic E-state index is 5.74. The molecule has 0 aliphatic carbocycles. The Morgan fingerprint density at radius 1 is 0.889 bits per heavy atom. The third-order valence-electron chi connectivity index (χ3n) is 2.88. The molecule has 2 rings (SSSR count). The summed E-state index contributed by atoms with van der Waals surface area (Å²) in [5, 5.41) is 0. The molecule has 2 aromatic rings. The molecule has 0 radical (unpaired) electrons. The largest absolute Gasteiger partial charge is 0.372 e. The van der Waals surface area contributed by atoms with Gasteiger partial charge in [0.15, 0.2) is 0 Å². The van der Waals surface area contributed by atoms with E-state index in [9.17, 15) is 0 Å². The van der Waals surface area contributed by atoms with Gasteiger partial charge in [-0.3, -0.25) is 0 Å². The lowest BCUT2D eigenvalue weighted by molar-refractivity contribution is 0.107. The van der Waals surface area contributed by atoms with Crippen molar-refractivity contribution in [1.82, 2.24) is 0 Å². The third kappa shape index (κ3) is 3.44. The van der Waals surface area contributed by atoms with E-state index in [4.69, 9.17) is 4.74 Å². The molecule has 0 atom stereocenters. The van der Waals surface area contributed by atoms with Crippen LogP contribution in [0.2, 0.25) is 0 Å². The van der Waals surface area contributed by atoms with Crippen molar-refractivity contribution in [3.63, 3.8) is 0 Å². The summed E-state index contributed by atoms with van der Waals surface area (Å²) in [5.41, 5.74) is 4.95. The Kier molecular flexibility index (Phi) is 4.56. The number of ether oxygens (including phenoxy) is 1. The van der Waals surface area contributed by atoms with Gasteiger partial charge in [0.25, 0.3) is 0 Å². The van der Waals surface area contributed by atoms with Crippen LogP contribution in [0.15, 0.2) is 46.9 Å². The molecule has 0 unspecified atom stereocenters. The molecule has 2 aromatic carbocycles. The molecular weight excluding hydrogens is 288 g/mol. The first-order valence-corrected chi connectivity index (χ1v) is 6.83. The lowest BCUT2D eigenvalue weighted by Crippen LogP contribution is -1.96. The highest BCUT2D eigenvalue weighted by Gasteiger charge is 2.02. The lowest BCUT2D eigenvalue weighted by atomic mass is 10.1. The number of rotatable bonds is 4. The smallest absolute Gasteiger partial charge is 0.0721 e. The van der Waals surface area contributed by atoms with Gasteiger partial charge < -0.3 is 4.74 Å². The number of hydrogen-bond acceptors (Lipinski definition) is 1. The van der Waals surface area contributed by atoms with Crippen molar-refractivity contribution in [3.8, 4) is 0 Å². The molecule has 0 spiro atoms. The second kappa shape index (κ2) is 6.17. The Labute approximate surface area is 117 Å². The van der Waals surface area contributed by atoms with E-state index in [0.717, 1.165) is 0 Å². The van der Waals surface area contributed by atoms with Crippen LogP contribution in [0.4, 0.5) is 0 Å². The van der Waals surface area contributed by atoms with Gasteiger partial charge in [-0.05, 0) is 36.1 Å². The topological polar surface area (TPSA) is 9.23 Å². The minimum absolute atomic E-state index is 0.657. The highest BCUT2D eigenvalue weighted by molar-refractivity contribution is 9.10. The van der Waals surface area contributed by atoms with Gasteiger partial charge in [0.2, 0.25) is 0 Å². The molecule has 94 valence electrons. The first-order valence-electron chi connectivity index (χ1n) is 6.04. The van der Waals surface area contributed by atoms with E-state index in [1.54, 1.807) is 0 Å². The van der Waals surface area contributed by atoms with Crippen LogP contribution in [-0.4, -0.2) is 0 Å². The van der Waals surface area contributed by atoms with Crippen molar-refractivity contribution >= 4 is 15.9 Å². The normalized spacial score (nSPS) is 10.6. The summed E-state index contributed by atoms with van der Waals surface area (Å²) >= 11 is 3.58. The first kappa shape index (κ1) is 13.3. The van der Waals surface area contributed by atoms with Crippen molar-refractivity contribution in [3.05, 3.63) is 69.2 Å². The Balaban J connectivity index is 1.95. The second-order valence-corrected chi connectivity index (χ2v) is 5.31. The predicted molar refractivity (Wildman–Crippen MR) is 78.6 cm³/mol. The maximum atomic E-state index is 5.74. The summed E-state index contributed by atoms with van der Waals surface area (Å²) in [5.74, 6) is 0. The van der Waals surface area contributed by atoms with E-state index in [1.165, 1.54) is 26.7 Å². The molecule has 0 aliphatic rings. The number of halogens is 1. The van der Waals surface area contributed by atoms with Gasteiger partial charge in [-0.1, -0.05) is 58.4 Å². The van der Waals surface area contributed by atoms with Crippen molar-refractivity contribution in [2.45, 2.75) is 27.1 Å². The average Bonchev–Trinajstić information content (AvgIpc) is 2.37. The molecule has 2 heteroatoms. The van der Waals surface area contributed by atoms with Crippen molar-refractivity contribution in [1.29, 1.82) is 0 Å². The van der Waals surface area contributed by atoms with Crippen molar-refractivity contribution < 1.29 is 4.74 Å². The first-order chi connectivity index (χ1) is 8.66. The summed E-state index contributed by atoms with van der Waals surface area (Å²) in [4.78, 5) is 0. The van der Waals surface area contributed by atoms with E-state index >= 15 is 0 Å². The summed E-state index contributed by atoms with van der Waals surface area (Å²) < 4.78 is 6.93. The molecule has 0 N–H and O–H groups in total. The molecular formula is C16H17BrO. The van der Waals surface area contributed by atoms with Gasteiger partial charge >= 0.3 is 0 Å². The van der Waals surface area contributed by atoms with E-state index in [0.29, 0.717) is 13.2 Å². The minimum Gasteiger partial charge on any atom is -0.372 e. The summed E-state index contributed by atoms with van der Waals surface area (Å²) in [6.45, 7) is 5.54. The van der Waals surface area contributed by atoms with Crippen LogP contribution in [-0.2, 0) is 18.0 Å². The molecule has 0 bridgehead atoms. The monoisotopic (exact) mass is 304 g/mol. The summed E-state index contributed by atoms with van der Waals surface area (Å²) in [7, 11) is 0. The van der Waals surface area contributed by atoms with Gasteiger partial charge in [-0.2, -0.15) is 0 Å². The van der Waals surface area contributed by atoms with Gasteiger partial charge in [0, 0.05) is 4.47 Å². The van der Waals surface area contributed by atoms with Gasteiger partial charge in [0.05, 0.1) is 13.2 Å². The van der Waals surface area contributed by atoms with Gasteiger partial charge in [-0.25, -0.2) is 0 Å². The van der Waals surface area contributed by atoms with Crippen LogP contribution < -0.4 is 0 Å². The van der Waals surface area contributed by atoms with Gasteiger partial charge in [0.1, 0.15) is 0 Å². The van der Waals surface area contributed by atoms with Crippen LogP contribution in [0.1, 0.15) is 22.3 Å². The third-order valence-corrected chi connectivity index (χ3v) is 4.13. The van der Waals surface area contributed by atoms with Crippen LogP contribution in [0.25, 0.3) is 0 Å². The zero-order valence-corrected chi connectivity index (χ0v) is 12.3. The maximum Gasteiger partial charge on any atom is 0.0721 e. The summed E-state index contributed by atoms with van der Waals surface area (Å²) in [6.07, 6.45) is 0. The van der Waals surface area contributed by atoms with Crippen molar-refractivity contribution in [2.24, 2.45) is 0 Å². The quantitative estimate of drug-likeness (QED) is 0.789. The van der Waals surface area contributed by atoms with Crippen LogP contribution in [0, 0.1) is 13.8 Å². The Hall–Kier alpha value is -1.12. The van der Waals surface area contributed by atoms with E-state index in [2.05, 4.69) is 54.0 Å². The zero-order valence-electron chi connectivity index (χ0n) is 10.7. The summed E-state index contributed by atoms with van der Waals surface area (Å²) in [6, 6.07) is 14.6. The second-order valence-electron chi connectivity index (χ2n) is 4.52.